The largest absolute Gasteiger partial charge is 0.314 e. The zero-order valence-electron chi connectivity index (χ0n) is 5.61. The van der Waals surface area contributed by atoms with Gasteiger partial charge in [-0.15, -0.1) is 0 Å². The summed E-state index contributed by atoms with van der Waals surface area (Å²) in [5, 5.41) is 3.47. The minimum Gasteiger partial charge on any atom is -0.314 e. The third-order valence-electron chi connectivity index (χ3n) is 1.91. The summed E-state index contributed by atoms with van der Waals surface area (Å²) < 4.78 is 0. The normalized spacial score (nSPS) is 30.4. The fourth-order valence-corrected chi connectivity index (χ4v) is 1.27. The second-order valence-electron chi connectivity index (χ2n) is 2.56. The number of rotatable bonds is 1. The molecule has 1 unspecified atom stereocenters. The van der Waals surface area contributed by atoms with Gasteiger partial charge in [-0.25, -0.2) is 0 Å². The fourth-order valence-electron chi connectivity index (χ4n) is 1.27. The molecule has 1 N–H and O–H groups in total. The van der Waals surface area contributed by atoms with E-state index in [-0.39, 0.29) is 1.43 Å². The minimum atomic E-state index is 0. The van der Waals surface area contributed by atoms with Crippen LogP contribution in [0, 0.1) is 0 Å². The van der Waals surface area contributed by atoms with Crippen LogP contribution in [0.5, 0.6) is 0 Å². The molecule has 1 aliphatic heterocycles. The van der Waals surface area contributed by atoms with Gasteiger partial charge in [0.1, 0.15) is 0 Å². The number of piperidine rings is 1. The van der Waals surface area contributed by atoms with Crippen molar-refractivity contribution in [3.8, 4) is 0 Å². The Morgan fingerprint density at radius 1 is 1.62 bits per heavy atom. The molecule has 0 aromatic heterocycles. The van der Waals surface area contributed by atoms with E-state index in [0.717, 1.165) is 6.04 Å². The molecule has 1 fully saturated rings. The van der Waals surface area contributed by atoms with Gasteiger partial charge in [0.15, 0.2) is 0 Å². The summed E-state index contributed by atoms with van der Waals surface area (Å²) in [5.74, 6) is 0. The van der Waals surface area contributed by atoms with E-state index in [1.807, 2.05) is 0 Å². The van der Waals surface area contributed by atoms with E-state index >= 15 is 0 Å². The van der Waals surface area contributed by atoms with Crippen molar-refractivity contribution in [1.82, 2.24) is 5.32 Å². The Morgan fingerprint density at radius 3 is 2.88 bits per heavy atom. The van der Waals surface area contributed by atoms with Crippen LogP contribution in [-0.4, -0.2) is 12.6 Å². The van der Waals surface area contributed by atoms with E-state index < -0.39 is 0 Å². The van der Waals surface area contributed by atoms with Crippen molar-refractivity contribution in [2.24, 2.45) is 0 Å². The van der Waals surface area contributed by atoms with Crippen LogP contribution in [0.15, 0.2) is 0 Å². The van der Waals surface area contributed by atoms with Crippen molar-refractivity contribution in [3.05, 3.63) is 0 Å². The zero-order chi connectivity index (χ0) is 5.82. The highest BCUT2D eigenvalue weighted by Crippen LogP contribution is 2.08. The smallest absolute Gasteiger partial charge is 0.00644 e. The van der Waals surface area contributed by atoms with E-state index in [1.54, 1.807) is 0 Å². The number of hydrogen-bond acceptors (Lipinski definition) is 1. The lowest BCUT2D eigenvalue weighted by Crippen LogP contribution is -2.32. The van der Waals surface area contributed by atoms with Gasteiger partial charge in [-0.2, -0.15) is 0 Å². The minimum absolute atomic E-state index is 0. The first-order valence-electron chi connectivity index (χ1n) is 3.67. The van der Waals surface area contributed by atoms with Gasteiger partial charge in [0, 0.05) is 7.47 Å². The maximum absolute atomic E-state index is 3.47. The summed E-state index contributed by atoms with van der Waals surface area (Å²) in [7, 11) is 0. The van der Waals surface area contributed by atoms with Gasteiger partial charge in [-0.3, -0.25) is 0 Å². The highest BCUT2D eigenvalue weighted by atomic mass is 14.9. The second-order valence-corrected chi connectivity index (χ2v) is 2.56. The van der Waals surface area contributed by atoms with Crippen molar-refractivity contribution in [2.45, 2.75) is 38.6 Å². The standard InChI is InChI=1S/C7H15N.H2/c1-2-7-5-3-4-6-8-7;/h7-8H,2-6H2,1H3;1H. The first-order chi connectivity index (χ1) is 3.93. The lowest BCUT2D eigenvalue weighted by Gasteiger charge is -2.21. The molecule has 1 atom stereocenters. The highest BCUT2D eigenvalue weighted by Gasteiger charge is 2.08. The van der Waals surface area contributed by atoms with Gasteiger partial charge in [0.25, 0.3) is 0 Å². The van der Waals surface area contributed by atoms with Crippen LogP contribution in [0.4, 0.5) is 0 Å². The van der Waals surface area contributed by atoms with Gasteiger partial charge >= 0.3 is 0 Å². The Balaban J connectivity index is 0.000000640. The van der Waals surface area contributed by atoms with Crippen molar-refractivity contribution in [3.63, 3.8) is 0 Å². The Bertz CT molecular complexity index is 59.9. The summed E-state index contributed by atoms with van der Waals surface area (Å²) in [6.07, 6.45) is 5.53. The van der Waals surface area contributed by atoms with Crippen molar-refractivity contribution < 1.29 is 1.43 Å². The molecule has 0 saturated carbocycles. The molecule has 1 saturated heterocycles. The SMILES string of the molecule is CCC1CCCCN1.[HH]. The molecular weight excluding hydrogens is 98.1 g/mol. The van der Waals surface area contributed by atoms with Crippen LogP contribution >= 0.6 is 0 Å². The van der Waals surface area contributed by atoms with E-state index in [9.17, 15) is 0 Å². The second kappa shape index (κ2) is 3.08. The molecule has 0 aliphatic carbocycles. The van der Waals surface area contributed by atoms with Crippen molar-refractivity contribution in [1.29, 1.82) is 0 Å². The molecule has 0 aromatic rings. The van der Waals surface area contributed by atoms with Gasteiger partial charge in [0.05, 0.1) is 0 Å². The van der Waals surface area contributed by atoms with Crippen molar-refractivity contribution in [2.75, 3.05) is 6.54 Å². The molecule has 0 radical (unpaired) electrons. The molecule has 8 heavy (non-hydrogen) atoms. The Labute approximate surface area is 53.0 Å². The third kappa shape index (κ3) is 1.48. The fraction of sp³-hybridized carbons (Fsp3) is 1.00. The summed E-state index contributed by atoms with van der Waals surface area (Å²) in [5.41, 5.74) is 0. The summed E-state index contributed by atoms with van der Waals surface area (Å²) >= 11 is 0. The van der Waals surface area contributed by atoms with E-state index in [1.165, 1.54) is 32.2 Å². The molecule has 1 nitrogen and oxygen atoms in total. The Hall–Kier alpha value is -0.0400. The van der Waals surface area contributed by atoms with Crippen LogP contribution in [0.3, 0.4) is 0 Å². The lowest BCUT2D eigenvalue weighted by atomic mass is 10.0. The summed E-state index contributed by atoms with van der Waals surface area (Å²) in [6, 6.07) is 0.837. The van der Waals surface area contributed by atoms with Gasteiger partial charge in [0.2, 0.25) is 0 Å². The quantitative estimate of drug-likeness (QED) is 0.549. The number of hydrogen-bond donors (Lipinski definition) is 1. The van der Waals surface area contributed by atoms with Crippen molar-refractivity contribution >= 4 is 0 Å². The predicted molar refractivity (Wildman–Crippen MR) is 38.0 cm³/mol. The van der Waals surface area contributed by atoms with E-state index in [2.05, 4.69) is 12.2 Å². The maximum Gasteiger partial charge on any atom is 0.00644 e. The zero-order valence-corrected chi connectivity index (χ0v) is 5.61. The topological polar surface area (TPSA) is 12.0 Å². The van der Waals surface area contributed by atoms with Crippen LogP contribution < -0.4 is 5.32 Å². The lowest BCUT2D eigenvalue weighted by molar-refractivity contribution is 0.393. The highest BCUT2D eigenvalue weighted by molar-refractivity contribution is 4.69. The molecule has 0 amide bonds. The molecular formula is C7H17N. The van der Waals surface area contributed by atoms with Crippen LogP contribution in [0.2, 0.25) is 0 Å². The molecule has 1 heteroatoms. The third-order valence-corrected chi connectivity index (χ3v) is 1.91. The number of nitrogens with one attached hydrogen (secondary N) is 1. The molecule has 50 valence electrons. The van der Waals surface area contributed by atoms with E-state index in [0.29, 0.717) is 0 Å². The molecule has 0 bridgehead atoms. The molecule has 1 rings (SSSR count). The molecule has 1 aliphatic rings. The molecule has 0 aromatic carbocycles. The average Bonchev–Trinajstić information content (AvgIpc) is 1.90. The first-order valence-corrected chi connectivity index (χ1v) is 3.67. The van der Waals surface area contributed by atoms with E-state index in [4.69, 9.17) is 0 Å². The average molecular weight is 115 g/mol. The monoisotopic (exact) mass is 115 g/mol. The Kier molecular flexibility index (Phi) is 2.34. The van der Waals surface area contributed by atoms with Gasteiger partial charge in [-0.1, -0.05) is 13.3 Å². The van der Waals surface area contributed by atoms with Crippen LogP contribution in [-0.2, 0) is 0 Å². The van der Waals surface area contributed by atoms with Crippen LogP contribution in [0.1, 0.15) is 34.0 Å². The van der Waals surface area contributed by atoms with Crippen LogP contribution in [0.25, 0.3) is 0 Å². The van der Waals surface area contributed by atoms with Gasteiger partial charge < -0.3 is 5.32 Å². The molecule has 1 heterocycles. The van der Waals surface area contributed by atoms with Gasteiger partial charge in [-0.05, 0) is 25.8 Å². The Morgan fingerprint density at radius 2 is 2.50 bits per heavy atom. The maximum atomic E-state index is 3.47. The predicted octanol–water partition coefficient (Wildman–Crippen LogP) is 1.78. The summed E-state index contributed by atoms with van der Waals surface area (Å²) in [6.45, 7) is 3.50. The first kappa shape index (κ1) is 6.09. The summed E-state index contributed by atoms with van der Waals surface area (Å²) in [4.78, 5) is 0. The molecule has 0 spiro atoms.